The van der Waals surface area contributed by atoms with Crippen molar-refractivity contribution in [2.24, 2.45) is 5.92 Å². The molecule has 0 bridgehead atoms. The van der Waals surface area contributed by atoms with Gasteiger partial charge in [-0.1, -0.05) is 13.5 Å². The molecule has 2 aliphatic carbocycles. The normalized spacial score (nSPS) is 17.5. The number of aliphatic hydroxyl groups is 1. The predicted molar refractivity (Wildman–Crippen MR) is 121 cm³/mol. The van der Waals surface area contributed by atoms with Crippen LogP contribution in [0.2, 0.25) is 0 Å². The van der Waals surface area contributed by atoms with Crippen molar-refractivity contribution >= 4 is 21.7 Å². The minimum atomic E-state index is -4.37. The summed E-state index contributed by atoms with van der Waals surface area (Å²) in [5.41, 5.74) is 1.34. The number of nitrogens with one attached hydrogen (secondary N) is 2. The number of amides is 2. The van der Waals surface area contributed by atoms with Gasteiger partial charge in [0.1, 0.15) is 5.82 Å². The topological polar surface area (TPSA) is 105 Å². The van der Waals surface area contributed by atoms with Gasteiger partial charge in [-0.25, -0.2) is 13.9 Å². The van der Waals surface area contributed by atoms with E-state index in [1.807, 2.05) is 11.6 Å². The summed E-state index contributed by atoms with van der Waals surface area (Å²) in [7, 11) is -4.37. The van der Waals surface area contributed by atoms with Crippen LogP contribution in [0.4, 0.5) is 14.9 Å². The van der Waals surface area contributed by atoms with E-state index < -0.39 is 26.7 Å². The van der Waals surface area contributed by atoms with Gasteiger partial charge in [-0.05, 0) is 93.0 Å². The second kappa shape index (κ2) is 9.23. The number of hydrogen-bond donors (Lipinski definition) is 3. The van der Waals surface area contributed by atoms with Crippen LogP contribution in [0.15, 0.2) is 30.1 Å². The molecule has 32 heavy (non-hydrogen) atoms. The third kappa shape index (κ3) is 5.69. The second-order valence-electron chi connectivity index (χ2n) is 9.14. The number of anilines is 1. The van der Waals surface area contributed by atoms with E-state index in [0.717, 1.165) is 31.1 Å². The number of hydrogen-bond acceptors (Lipinski definition) is 5. The highest BCUT2D eigenvalue weighted by Crippen LogP contribution is 2.46. The van der Waals surface area contributed by atoms with Crippen LogP contribution in [0.1, 0.15) is 69.1 Å². The Morgan fingerprint density at radius 2 is 2.03 bits per heavy atom. The zero-order chi connectivity index (χ0) is 23.7. The van der Waals surface area contributed by atoms with Gasteiger partial charge in [0.05, 0.1) is 11.9 Å². The Balaban J connectivity index is 1.86. The SMILES string of the molecule is C=CO/C(=C\CC(C)(C)O)S(=O)(=O)NC(=O)Nc1c(C(C)C2CC2)cc(F)c2c1CCC2. The molecule has 2 amide bonds. The first-order valence-electron chi connectivity index (χ1n) is 10.8. The van der Waals surface area contributed by atoms with Crippen molar-refractivity contribution in [2.45, 2.75) is 70.8 Å². The molecule has 0 saturated heterocycles. The number of carbonyl (C=O) groups excluding carboxylic acids is 1. The van der Waals surface area contributed by atoms with Crippen molar-refractivity contribution in [3.63, 3.8) is 0 Å². The van der Waals surface area contributed by atoms with Gasteiger partial charge in [-0.15, -0.1) is 0 Å². The lowest BCUT2D eigenvalue weighted by atomic mass is 9.90. The van der Waals surface area contributed by atoms with E-state index in [1.165, 1.54) is 26.0 Å². The Hall–Kier alpha value is -2.39. The Morgan fingerprint density at radius 1 is 1.38 bits per heavy atom. The van der Waals surface area contributed by atoms with Gasteiger partial charge in [-0.2, -0.15) is 8.42 Å². The Labute approximate surface area is 188 Å². The Morgan fingerprint density at radius 3 is 2.62 bits per heavy atom. The highest BCUT2D eigenvalue weighted by Gasteiger charge is 2.34. The molecule has 2 aliphatic rings. The highest BCUT2D eigenvalue weighted by atomic mass is 32.2. The monoisotopic (exact) mass is 466 g/mol. The second-order valence-corrected chi connectivity index (χ2v) is 10.8. The van der Waals surface area contributed by atoms with Gasteiger partial charge in [0.15, 0.2) is 0 Å². The molecule has 7 nitrogen and oxygen atoms in total. The number of urea groups is 1. The summed E-state index contributed by atoms with van der Waals surface area (Å²) in [5, 5.41) is 12.0. The van der Waals surface area contributed by atoms with Gasteiger partial charge in [0.2, 0.25) is 5.09 Å². The van der Waals surface area contributed by atoms with Crippen molar-refractivity contribution in [3.8, 4) is 0 Å². The Kier molecular flexibility index (Phi) is 7.00. The molecular formula is C23H31FN2O5S. The van der Waals surface area contributed by atoms with E-state index in [1.54, 1.807) is 0 Å². The minimum Gasteiger partial charge on any atom is -0.452 e. The summed E-state index contributed by atoms with van der Waals surface area (Å²) in [6, 6.07) is 0.518. The molecule has 0 aromatic heterocycles. The summed E-state index contributed by atoms with van der Waals surface area (Å²) in [5.74, 6) is 0.210. The van der Waals surface area contributed by atoms with Crippen LogP contribution < -0.4 is 10.0 Å². The average molecular weight is 467 g/mol. The number of fused-ring (bicyclic) bond motifs is 1. The molecule has 1 atom stereocenters. The van der Waals surface area contributed by atoms with Gasteiger partial charge >= 0.3 is 6.03 Å². The fraction of sp³-hybridized carbons (Fsp3) is 0.522. The average Bonchev–Trinajstić information content (AvgIpc) is 3.41. The molecule has 9 heteroatoms. The number of carbonyl (C=O) groups is 1. The third-order valence-electron chi connectivity index (χ3n) is 5.90. The summed E-state index contributed by atoms with van der Waals surface area (Å²) in [6.45, 7) is 8.38. The van der Waals surface area contributed by atoms with Crippen molar-refractivity contribution in [3.05, 3.63) is 52.6 Å². The van der Waals surface area contributed by atoms with Crippen LogP contribution in [-0.4, -0.2) is 25.2 Å². The van der Waals surface area contributed by atoms with Crippen molar-refractivity contribution in [1.29, 1.82) is 0 Å². The fourth-order valence-electron chi connectivity index (χ4n) is 4.06. The molecule has 0 spiro atoms. The quantitative estimate of drug-likeness (QED) is 0.467. The molecule has 1 fully saturated rings. The standard InChI is InChI=1S/C23H31FN2O5S/c1-5-31-20(11-12-23(3,4)28)32(29,30)26-22(27)25-21-17-8-6-7-16(17)19(24)13-18(21)14(2)15-9-10-15/h5,11,13-15,28H,1,6-10,12H2,2-4H3,(H2,25,26,27)/b20-11+. The van der Waals surface area contributed by atoms with E-state index in [-0.39, 0.29) is 18.2 Å². The van der Waals surface area contributed by atoms with Crippen molar-refractivity contribution in [1.82, 2.24) is 4.72 Å². The summed E-state index contributed by atoms with van der Waals surface area (Å²) in [4.78, 5) is 12.7. The third-order valence-corrected chi connectivity index (χ3v) is 7.14. The van der Waals surface area contributed by atoms with E-state index in [9.17, 15) is 22.7 Å². The van der Waals surface area contributed by atoms with E-state index >= 15 is 0 Å². The van der Waals surface area contributed by atoms with Crippen LogP contribution in [-0.2, 0) is 27.6 Å². The molecule has 3 N–H and O–H groups in total. The lowest BCUT2D eigenvalue weighted by molar-refractivity contribution is 0.0831. The van der Waals surface area contributed by atoms with E-state index in [2.05, 4.69) is 11.9 Å². The van der Waals surface area contributed by atoms with Crippen LogP contribution in [0.3, 0.4) is 0 Å². The zero-order valence-electron chi connectivity index (χ0n) is 18.7. The van der Waals surface area contributed by atoms with Crippen LogP contribution in [0.25, 0.3) is 0 Å². The first-order valence-corrected chi connectivity index (χ1v) is 12.3. The molecule has 3 rings (SSSR count). The first kappa shape index (κ1) is 24.3. The lowest BCUT2D eigenvalue weighted by Gasteiger charge is -2.21. The molecule has 176 valence electrons. The zero-order valence-corrected chi connectivity index (χ0v) is 19.5. The van der Waals surface area contributed by atoms with Gasteiger partial charge in [0, 0.05) is 5.69 Å². The van der Waals surface area contributed by atoms with Crippen molar-refractivity contribution < 1.29 is 27.4 Å². The van der Waals surface area contributed by atoms with Gasteiger partial charge < -0.3 is 15.2 Å². The van der Waals surface area contributed by atoms with Crippen LogP contribution in [0, 0.1) is 11.7 Å². The maximum atomic E-state index is 14.7. The van der Waals surface area contributed by atoms with Crippen molar-refractivity contribution in [2.75, 3.05) is 5.32 Å². The molecule has 1 aromatic carbocycles. The molecule has 1 aromatic rings. The maximum Gasteiger partial charge on any atom is 0.333 e. The smallest absolute Gasteiger partial charge is 0.333 e. The number of benzene rings is 1. The molecule has 0 heterocycles. The highest BCUT2D eigenvalue weighted by molar-refractivity contribution is 7.93. The lowest BCUT2D eigenvalue weighted by Crippen LogP contribution is -2.36. The summed E-state index contributed by atoms with van der Waals surface area (Å²) in [6.07, 6.45) is 6.17. The van der Waals surface area contributed by atoms with E-state index in [4.69, 9.17) is 4.74 Å². The fourth-order valence-corrected chi connectivity index (χ4v) is 4.95. The van der Waals surface area contributed by atoms with Gasteiger partial charge in [-0.3, -0.25) is 0 Å². The Bertz CT molecular complexity index is 1040. The first-order chi connectivity index (χ1) is 14.9. The van der Waals surface area contributed by atoms with Crippen LogP contribution in [0.5, 0.6) is 0 Å². The number of ether oxygens (including phenoxy) is 1. The number of halogens is 1. The van der Waals surface area contributed by atoms with Crippen LogP contribution >= 0.6 is 0 Å². The summed E-state index contributed by atoms with van der Waals surface area (Å²) < 4.78 is 47.0. The largest absolute Gasteiger partial charge is 0.452 e. The predicted octanol–water partition coefficient (Wildman–Crippen LogP) is 4.44. The molecule has 1 saturated carbocycles. The van der Waals surface area contributed by atoms with E-state index in [0.29, 0.717) is 35.6 Å². The maximum absolute atomic E-state index is 14.7. The molecule has 1 unspecified atom stereocenters. The number of sulfonamides is 1. The molecular weight excluding hydrogens is 435 g/mol. The summed E-state index contributed by atoms with van der Waals surface area (Å²) >= 11 is 0. The molecule has 0 aliphatic heterocycles. The minimum absolute atomic E-state index is 0.0206. The van der Waals surface area contributed by atoms with Gasteiger partial charge in [0.25, 0.3) is 10.0 Å². The number of rotatable bonds is 9. The molecule has 0 radical (unpaired) electrons.